The Labute approximate surface area is 96.5 Å². The summed E-state index contributed by atoms with van der Waals surface area (Å²) in [5.74, 6) is -0.226. The predicted octanol–water partition coefficient (Wildman–Crippen LogP) is 2.34. The lowest BCUT2D eigenvalue weighted by molar-refractivity contribution is 0.175. The number of nitrogens with one attached hydrogen (secondary N) is 1. The number of hydrogen-bond donors (Lipinski definition) is 2. The van der Waals surface area contributed by atoms with Crippen LogP contribution >= 0.6 is 0 Å². The van der Waals surface area contributed by atoms with Crippen LogP contribution < -0.4 is 5.32 Å². The van der Waals surface area contributed by atoms with Crippen molar-refractivity contribution in [1.29, 1.82) is 0 Å². The van der Waals surface area contributed by atoms with Crippen LogP contribution in [0.15, 0.2) is 18.2 Å². The molecule has 0 fully saturated rings. The normalized spacial score (nSPS) is 14.8. The zero-order valence-corrected chi connectivity index (χ0v) is 10.2. The smallest absolute Gasteiger partial charge is 0.126 e. The molecule has 0 bridgehead atoms. The van der Waals surface area contributed by atoms with E-state index in [0.29, 0.717) is 5.56 Å². The molecule has 1 unspecified atom stereocenters. The molecule has 0 aliphatic rings. The molecule has 0 aliphatic carbocycles. The second-order valence-electron chi connectivity index (χ2n) is 4.38. The molecule has 0 radical (unpaired) electrons. The third-order valence-electron chi connectivity index (χ3n) is 2.89. The minimum absolute atomic E-state index is 0.0461. The lowest BCUT2D eigenvalue weighted by atomic mass is 9.92. The SMILES string of the molecule is CCCNC(C)(CO)c1ccc(C)c(F)c1. The summed E-state index contributed by atoms with van der Waals surface area (Å²) in [5.41, 5.74) is 0.843. The molecule has 0 spiro atoms. The van der Waals surface area contributed by atoms with Gasteiger partial charge in [-0.3, -0.25) is 0 Å². The average molecular weight is 225 g/mol. The van der Waals surface area contributed by atoms with E-state index in [4.69, 9.17) is 0 Å². The minimum atomic E-state index is -0.565. The van der Waals surface area contributed by atoms with Crippen molar-refractivity contribution in [3.8, 4) is 0 Å². The van der Waals surface area contributed by atoms with Crippen molar-refractivity contribution in [1.82, 2.24) is 5.32 Å². The van der Waals surface area contributed by atoms with Gasteiger partial charge in [0, 0.05) is 0 Å². The van der Waals surface area contributed by atoms with Crippen molar-refractivity contribution in [3.05, 3.63) is 35.1 Å². The summed E-state index contributed by atoms with van der Waals surface area (Å²) >= 11 is 0. The highest BCUT2D eigenvalue weighted by Gasteiger charge is 2.25. The van der Waals surface area contributed by atoms with Crippen LogP contribution in [-0.2, 0) is 5.54 Å². The standard InChI is InChI=1S/C13H20FNO/c1-4-7-15-13(3,9-16)11-6-5-10(2)12(14)8-11/h5-6,8,15-16H,4,7,9H2,1-3H3. The first-order chi connectivity index (χ1) is 7.53. The van der Waals surface area contributed by atoms with E-state index in [2.05, 4.69) is 12.2 Å². The molecule has 1 aromatic rings. The number of aliphatic hydroxyl groups is 1. The molecule has 0 saturated carbocycles. The van der Waals surface area contributed by atoms with Crippen LogP contribution in [0.5, 0.6) is 0 Å². The van der Waals surface area contributed by atoms with Gasteiger partial charge in [0.05, 0.1) is 12.1 Å². The zero-order valence-electron chi connectivity index (χ0n) is 10.2. The molecule has 0 aliphatic heterocycles. The molecule has 0 amide bonds. The van der Waals surface area contributed by atoms with Crippen molar-refractivity contribution < 1.29 is 9.50 Å². The summed E-state index contributed by atoms with van der Waals surface area (Å²) < 4.78 is 13.5. The van der Waals surface area contributed by atoms with Gasteiger partial charge in [0.25, 0.3) is 0 Å². The molecular weight excluding hydrogens is 205 g/mol. The summed E-state index contributed by atoms with van der Waals surface area (Å²) in [7, 11) is 0. The quantitative estimate of drug-likeness (QED) is 0.806. The van der Waals surface area contributed by atoms with Crippen molar-refractivity contribution in [2.24, 2.45) is 0 Å². The van der Waals surface area contributed by atoms with Gasteiger partial charge in [0.1, 0.15) is 5.82 Å². The second-order valence-corrected chi connectivity index (χ2v) is 4.38. The highest BCUT2D eigenvalue weighted by molar-refractivity contribution is 5.29. The summed E-state index contributed by atoms with van der Waals surface area (Å²) in [4.78, 5) is 0. The summed E-state index contributed by atoms with van der Waals surface area (Å²) in [6.45, 7) is 6.42. The van der Waals surface area contributed by atoms with Crippen LogP contribution in [0.3, 0.4) is 0 Å². The van der Waals surface area contributed by atoms with Gasteiger partial charge in [0.15, 0.2) is 0 Å². The fraction of sp³-hybridized carbons (Fsp3) is 0.538. The Bertz CT molecular complexity index is 354. The van der Waals surface area contributed by atoms with Crippen LogP contribution in [-0.4, -0.2) is 18.3 Å². The van der Waals surface area contributed by atoms with Crippen molar-refractivity contribution >= 4 is 0 Å². The van der Waals surface area contributed by atoms with Crippen molar-refractivity contribution in [3.63, 3.8) is 0 Å². The van der Waals surface area contributed by atoms with Crippen molar-refractivity contribution in [2.45, 2.75) is 32.7 Å². The lowest BCUT2D eigenvalue weighted by Gasteiger charge is -2.29. The molecule has 1 aromatic carbocycles. The minimum Gasteiger partial charge on any atom is -0.394 e. The topological polar surface area (TPSA) is 32.3 Å². The fourth-order valence-electron chi connectivity index (χ4n) is 1.59. The Morgan fingerprint density at radius 3 is 2.62 bits per heavy atom. The lowest BCUT2D eigenvalue weighted by Crippen LogP contribution is -2.43. The fourth-order valence-corrected chi connectivity index (χ4v) is 1.59. The van der Waals surface area contributed by atoms with Crippen LogP contribution in [0.1, 0.15) is 31.4 Å². The first-order valence-electron chi connectivity index (χ1n) is 5.66. The van der Waals surface area contributed by atoms with Gasteiger partial charge in [-0.05, 0) is 44.0 Å². The molecule has 0 aromatic heterocycles. The van der Waals surface area contributed by atoms with Gasteiger partial charge in [-0.1, -0.05) is 19.1 Å². The summed E-state index contributed by atoms with van der Waals surface area (Å²) in [6, 6.07) is 5.09. The summed E-state index contributed by atoms with van der Waals surface area (Å²) in [5, 5.41) is 12.7. The van der Waals surface area contributed by atoms with Gasteiger partial charge in [-0.2, -0.15) is 0 Å². The van der Waals surface area contributed by atoms with E-state index in [9.17, 15) is 9.50 Å². The van der Waals surface area contributed by atoms with E-state index >= 15 is 0 Å². The first kappa shape index (κ1) is 13.1. The Morgan fingerprint density at radius 2 is 2.12 bits per heavy atom. The molecule has 1 atom stereocenters. The number of benzene rings is 1. The van der Waals surface area contributed by atoms with Gasteiger partial charge >= 0.3 is 0 Å². The number of aliphatic hydroxyl groups excluding tert-OH is 1. The Hall–Kier alpha value is -0.930. The molecule has 2 N–H and O–H groups in total. The average Bonchev–Trinajstić information content (AvgIpc) is 2.29. The predicted molar refractivity (Wildman–Crippen MR) is 63.9 cm³/mol. The van der Waals surface area contributed by atoms with E-state index in [1.807, 2.05) is 13.0 Å². The number of hydrogen-bond acceptors (Lipinski definition) is 2. The van der Waals surface area contributed by atoms with Gasteiger partial charge < -0.3 is 10.4 Å². The van der Waals surface area contributed by atoms with Crippen molar-refractivity contribution in [2.75, 3.05) is 13.2 Å². The Kier molecular flexibility index (Phi) is 4.44. The third kappa shape index (κ3) is 2.80. The molecule has 3 heteroatoms. The van der Waals surface area contributed by atoms with E-state index in [1.165, 1.54) is 6.07 Å². The van der Waals surface area contributed by atoms with Crippen LogP contribution in [0.25, 0.3) is 0 Å². The molecule has 0 saturated heterocycles. The van der Waals surface area contributed by atoms with Gasteiger partial charge in [-0.15, -0.1) is 0 Å². The molecule has 16 heavy (non-hydrogen) atoms. The maximum Gasteiger partial charge on any atom is 0.126 e. The van der Waals surface area contributed by atoms with Gasteiger partial charge in [-0.25, -0.2) is 4.39 Å². The van der Waals surface area contributed by atoms with E-state index < -0.39 is 5.54 Å². The first-order valence-corrected chi connectivity index (χ1v) is 5.66. The number of rotatable bonds is 5. The maximum absolute atomic E-state index is 13.5. The Balaban J connectivity index is 2.97. The third-order valence-corrected chi connectivity index (χ3v) is 2.89. The Morgan fingerprint density at radius 1 is 1.44 bits per heavy atom. The van der Waals surface area contributed by atoms with Crippen LogP contribution in [0.4, 0.5) is 4.39 Å². The van der Waals surface area contributed by atoms with Gasteiger partial charge in [0.2, 0.25) is 0 Å². The van der Waals surface area contributed by atoms with Crippen LogP contribution in [0.2, 0.25) is 0 Å². The molecule has 1 rings (SSSR count). The largest absolute Gasteiger partial charge is 0.394 e. The maximum atomic E-state index is 13.5. The number of aryl methyl sites for hydroxylation is 1. The van der Waals surface area contributed by atoms with E-state index in [-0.39, 0.29) is 12.4 Å². The molecule has 2 nitrogen and oxygen atoms in total. The highest BCUT2D eigenvalue weighted by Crippen LogP contribution is 2.22. The number of halogens is 1. The van der Waals surface area contributed by atoms with E-state index in [0.717, 1.165) is 18.5 Å². The molecular formula is C13H20FNO. The molecule has 90 valence electrons. The van der Waals surface area contributed by atoms with E-state index in [1.54, 1.807) is 13.0 Å². The zero-order chi connectivity index (χ0) is 12.2. The second kappa shape index (κ2) is 5.41. The van der Waals surface area contributed by atoms with Crippen LogP contribution in [0, 0.1) is 12.7 Å². The molecule has 0 heterocycles. The highest BCUT2D eigenvalue weighted by atomic mass is 19.1. The summed E-state index contributed by atoms with van der Waals surface area (Å²) in [6.07, 6.45) is 0.976. The monoisotopic (exact) mass is 225 g/mol.